The molecule has 0 radical (unpaired) electrons. The normalized spacial score (nSPS) is 14.3. The van der Waals surface area contributed by atoms with Crippen molar-refractivity contribution in [2.45, 2.75) is 46.6 Å². The van der Waals surface area contributed by atoms with Crippen LogP contribution in [0.15, 0.2) is 12.1 Å². The lowest BCUT2D eigenvalue weighted by atomic mass is 10.0. The Balaban J connectivity index is 2.83. The fraction of sp³-hybridized carbons (Fsp3) is 0.600. The van der Waals surface area contributed by atoms with Crippen LogP contribution in [-0.2, 0) is 0 Å². The van der Waals surface area contributed by atoms with Crippen LogP contribution in [0, 0.1) is 18.7 Å². The summed E-state index contributed by atoms with van der Waals surface area (Å²) in [5, 5.41) is 0. The summed E-state index contributed by atoms with van der Waals surface area (Å²) in [5.74, 6) is 0.990. The molecule has 3 heteroatoms. The fourth-order valence-electron chi connectivity index (χ4n) is 1.96. The first-order chi connectivity index (χ1) is 8.45. The van der Waals surface area contributed by atoms with Crippen molar-refractivity contribution in [2.24, 2.45) is 11.7 Å². The number of hydrogen-bond donors (Lipinski definition) is 1. The van der Waals surface area contributed by atoms with Gasteiger partial charge in [-0.3, -0.25) is 0 Å². The van der Waals surface area contributed by atoms with Crippen molar-refractivity contribution in [1.29, 1.82) is 0 Å². The average molecular weight is 253 g/mol. The standard InChI is InChI=1S/C15H24FNO/c1-5-6-10(2)9-18-15-7-11(3)14(16)8-13(15)12(4)17/h7-8,10,12H,5-6,9,17H2,1-4H3/t10?,12-/m1/s1. The van der Waals surface area contributed by atoms with Crippen LogP contribution in [0.25, 0.3) is 0 Å². The Kier molecular flexibility index (Phi) is 5.60. The second-order valence-corrected chi connectivity index (χ2v) is 5.13. The minimum absolute atomic E-state index is 0.225. The lowest BCUT2D eigenvalue weighted by Crippen LogP contribution is -2.13. The molecule has 0 aliphatic rings. The highest BCUT2D eigenvalue weighted by molar-refractivity contribution is 5.39. The van der Waals surface area contributed by atoms with Crippen molar-refractivity contribution in [1.82, 2.24) is 0 Å². The van der Waals surface area contributed by atoms with Gasteiger partial charge in [0.25, 0.3) is 0 Å². The molecule has 0 aliphatic carbocycles. The molecule has 0 fully saturated rings. The predicted molar refractivity (Wildman–Crippen MR) is 73.3 cm³/mol. The Morgan fingerprint density at radius 3 is 2.56 bits per heavy atom. The molecule has 0 saturated heterocycles. The van der Waals surface area contributed by atoms with E-state index >= 15 is 0 Å². The van der Waals surface area contributed by atoms with E-state index in [4.69, 9.17) is 10.5 Å². The molecule has 0 amide bonds. The van der Waals surface area contributed by atoms with Crippen molar-refractivity contribution in [3.63, 3.8) is 0 Å². The van der Waals surface area contributed by atoms with Gasteiger partial charge in [-0.05, 0) is 43.9 Å². The molecule has 0 heterocycles. The van der Waals surface area contributed by atoms with Gasteiger partial charge in [-0.2, -0.15) is 0 Å². The van der Waals surface area contributed by atoms with Crippen molar-refractivity contribution in [3.8, 4) is 5.75 Å². The lowest BCUT2D eigenvalue weighted by Gasteiger charge is -2.18. The average Bonchev–Trinajstić information content (AvgIpc) is 2.30. The third kappa shape index (κ3) is 3.98. The number of benzene rings is 1. The van der Waals surface area contributed by atoms with Crippen molar-refractivity contribution in [3.05, 3.63) is 29.1 Å². The summed E-state index contributed by atoms with van der Waals surface area (Å²) in [6, 6.07) is 3.00. The van der Waals surface area contributed by atoms with Gasteiger partial charge >= 0.3 is 0 Å². The van der Waals surface area contributed by atoms with Crippen LogP contribution >= 0.6 is 0 Å². The quantitative estimate of drug-likeness (QED) is 0.832. The maximum Gasteiger partial charge on any atom is 0.126 e. The molecule has 0 spiro atoms. The first kappa shape index (κ1) is 15.0. The Morgan fingerprint density at radius 2 is 2.00 bits per heavy atom. The molecule has 1 rings (SSSR count). The van der Waals surface area contributed by atoms with Crippen LogP contribution in [0.4, 0.5) is 4.39 Å². The molecule has 2 nitrogen and oxygen atoms in total. The molecule has 0 aromatic heterocycles. The van der Waals surface area contributed by atoms with Gasteiger partial charge in [0.1, 0.15) is 11.6 Å². The van der Waals surface area contributed by atoms with Crippen LogP contribution < -0.4 is 10.5 Å². The molecule has 0 aliphatic heterocycles. The number of hydrogen-bond acceptors (Lipinski definition) is 2. The van der Waals surface area contributed by atoms with Gasteiger partial charge in [-0.15, -0.1) is 0 Å². The molecule has 0 bridgehead atoms. The summed E-state index contributed by atoms with van der Waals surface area (Å²) < 4.78 is 19.3. The lowest BCUT2D eigenvalue weighted by molar-refractivity contribution is 0.248. The highest BCUT2D eigenvalue weighted by Gasteiger charge is 2.13. The number of ether oxygens (including phenoxy) is 1. The van der Waals surface area contributed by atoms with Crippen molar-refractivity contribution < 1.29 is 9.13 Å². The molecule has 1 aromatic carbocycles. The van der Waals surface area contributed by atoms with Gasteiger partial charge in [-0.25, -0.2) is 4.39 Å². The summed E-state index contributed by atoms with van der Waals surface area (Å²) in [6.45, 7) is 8.55. The molecule has 102 valence electrons. The highest BCUT2D eigenvalue weighted by Crippen LogP contribution is 2.27. The molecule has 18 heavy (non-hydrogen) atoms. The van der Waals surface area contributed by atoms with E-state index in [1.54, 1.807) is 13.0 Å². The van der Waals surface area contributed by atoms with E-state index < -0.39 is 0 Å². The third-order valence-corrected chi connectivity index (χ3v) is 3.09. The first-order valence-electron chi connectivity index (χ1n) is 6.64. The summed E-state index contributed by atoms with van der Waals surface area (Å²) in [4.78, 5) is 0. The van der Waals surface area contributed by atoms with Gasteiger partial charge in [0.05, 0.1) is 6.61 Å². The summed E-state index contributed by atoms with van der Waals surface area (Å²) in [7, 11) is 0. The SMILES string of the molecule is CCCC(C)COc1cc(C)c(F)cc1[C@@H](C)N. The Bertz CT molecular complexity index is 390. The van der Waals surface area contributed by atoms with Gasteiger partial charge in [0.15, 0.2) is 0 Å². The zero-order chi connectivity index (χ0) is 13.7. The Morgan fingerprint density at radius 1 is 1.33 bits per heavy atom. The van der Waals surface area contributed by atoms with E-state index in [0.29, 0.717) is 23.8 Å². The molecule has 0 saturated carbocycles. The van der Waals surface area contributed by atoms with Crippen LogP contribution in [0.1, 0.15) is 50.8 Å². The zero-order valence-corrected chi connectivity index (χ0v) is 11.8. The molecular weight excluding hydrogens is 229 g/mol. The number of halogens is 1. The predicted octanol–water partition coefficient (Wildman–Crippen LogP) is 3.97. The monoisotopic (exact) mass is 253 g/mol. The van der Waals surface area contributed by atoms with E-state index in [1.165, 1.54) is 6.07 Å². The van der Waals surface area contributed by atoms with E-state index in [1.807, 2.05) is 6.92 Å². The zero-order valence-electron chi connectivity index (χ0n) is 11.8. The Hall–Kier alpha value is -1.09. The topological polar surface area (TPSA) is 35.2 Å². The van der Waals surface area contributed by atoms with E-state index in [0.717, 1.165) is 18.4 Å². The number of aryl methyl sites for hydroxylation is 1. The number of rotatable bonds is 6. The minimum atomic E-state index is -0.226. The Labute approximate surface area is 109 Å². The second kappa shape index (κ2) is 6.74. The molecule has 2 atom stereocenters. The van der Waals surface area contributed by atoms with E-state index in [-0.39, 0.29) is 11.9 Å². The highest BCUT2D eigenvalue weighted by atomic mass is 19.1. The maximum atomic E-state index is 13.5. The van der Waals surface area contributed by atoms with Gasteiger partial charge in [-0.1, -0.05) is 20.3 Å². The fourth-order valence-corrected chi connectivity index (χ4v) is 1.96. The van der Waals surface area contributed by atoms with Gasteiger partial charge in [0.2, 0.25) is 0 Å². The largest absolute Gasteiger partial charge is 0.493 e. The van der Waals surface area contributed by atoms with Gasteiger partial charge in [0, 0.05) is 11.6 Å². The van der Waals surface area contributed by atoms with E-state index in [2.05, 4.69) is 13.8 Å². The second-order valence-electron chi connectivity index (χ2n) is 5.13. The van der Waals surface area contributed by atoms with Gasteiger partial charge < -0.3 is 10.5 Å². The van der Waals surface area contributed by atoms with Crippen molar-refractivity contribution in [2.75, 3.05) is 6.61 Å². The smallest absolute Gasteiger partial charge is 0.126 e. The summed E-state index contributed by atoms with van der Waals surface area (Å²) >= 11 is 0. The van der Waals surface area contributed by atoms with Crippen molar-refractivity contribution >= 4 is 0 Å². The first-order valence-corrected chi connectivity index (χ1v) is 6.64. The maximum absolute atomic E-state index is 13.5. The van der Waals surface area contributed by atoms with Crippen LogP contribution in [0.2, 0.25) is 0 Å². The minimum Gasteiger partial charge on any atom is -0.493 e. The van der Waals surface area contributed by atoms with Crippen LogP contribution in [0.3, 0.4) is 0 Å². The number of nitrogens with two attached hydrogens (primary N) is 1. The molecule has 1 aromatic rings. The summed E-state index contributed by atoms with van der Waals surface area (Å²) in [5.41, 5.74) is 7.18. The van der Waals surface area contributed by atoms with Crippen LogP contribution in [-0.4, -0.2) is 6.61 Å². The summed E-state index contributed by atoms with van der Waals surface area (Å²) in [6.07, 6.45) is 2.28. The molecule has 1 unspecified atom stereocenters. The molecule has 2 N–H and O–H groups in total. The third-order valence-electron chi connectivity index (χ3n) is 3.09. The molecular formula is C15H24FNO. The van der Waals surface area contributed by atoms with Crippen LogP contribution in [0.5, 0.6) is 5.75 Å². The van der Waals surface area contributed by atoms with E-state index in [9.17, 15) is 4.39 Å².